The van der Waals surface area contributed by atoms with Gasteiger partial charge in [0.25, 0.3) is 11.8 Å². The van der Waals surface area contributed by atoms with Gasteiger partial charge in [-0.3, -0.25) is 14.5 Å². The predicted octanol–water partition coefficient (Wildman–Crippen LogP) is 2.67. The Balaban J connectivity index is 2.31. The molecule has 2 rings (SSSR count). The molecule has 0 aromatic heterocycles. The van der Waals surface area contributed by atoms with E-state index in [9.17, 15) is 14.7 Å². The van der Waals surface area contributed by atoms with E-state index in [1.807, 2.05) is 6.92 Å². The van der Waals surface area contributed by atoms with Crippen molar-refractivity contribution in [1.82, 2.24) is 9.80 Å². The van der Waals surface area contributed by atoms with Gasteiger partial charge in [0.2, 0.25) is 0 Å². The van der Waals surface area contributed by atoms with Crippen LogP contribution in [-0.2, 0) is 9.59 Å². The first kappa shape index (κ1) is 21.0. The van der Waals surface area contributed by atoms with Crippen LogP contribution in [0, 0.1) is 0 Å². The van der Waals surface area contributed by atoms with Crippen molar-refractivity contribution in [3.05, 3.63) is 35.5 Å². The minimum Gasteiger partial charge on any atom is -0.494 e. The summed E-state index contributed by atoms with van der Waals surface area (Å²) in [4.78, 5) is 29.0. The number of amides is 2. The Morgan fingerprint density at radius 2 is 1.74 bits per heavy atom. The van der Waals surface area contributed by atoms with Crippen LogP contribution in [0.1, 0.15) is 45.1 Å². The molecule has 1 aromatic rings. The maximum Gasteiger partial charge on any atom is 0.277 e. The van der Waals surface area contributed by atoms with E-state index in [1.165, 1.54) is 4.90 Å². The molecule has 1 heterocycles. The average Bonchev–Trinajstić information content (AvgIpc) is 2.90. The van der Waals surface area contributed by atoms with Gasteiger partial charge in [0, 0.05) is 20.1 Å². The third-order valence-electron chi connectivity index (χ3n) is 4.65. The molecule has 0 unspecified atom stereocenters. The topological polar surface area (TPSA) is 70.1 Å². The second kappa shape index (κ2) is 10.1. The molecule has 1 aromatic carbocycles. The fourth-order valence-electron chi connectivity index (χ4n) is 3.22. The van der Waals surface area contributed by atoms with E-state index in [2.05, 4.69) is 6.92 Å². The number of unbranched alkanes of at least 4 members (excludes halogenated alkanes) is 3. The number of benzene rings is 1. The zero-order valence-electron chi connectivity index (χ0n) is 16.5. The first-order chi connectivity index (χ1) is 13.0. The number of carbonyl (C=O) groups excluding carboxylic acids is 2. The maximum absolute atomic E-state index is 13.0. The molecule has 27 heavy (non-hydrogen) atoms. The molecule has 0 saturated carbocycles. The number of nitrogens with zero attached hydrogens (tertiary/aromatic N) is 2. The van der Waals surface area contributed by atoms with E-state index in [-0.39, 0.29) is 18.4 Å². The SMILES string of the molecule is CCCCCCN1C(=O)C(c2ccc(OCC)cc2)=C(N(C)CCO)C1=O. The van der Waals surface area contributed by atoms with Crippen molar-refractivity contribution in [2.45, 2.75) is 39.5 Å². The van der Waals surface area contributed by atoms with Gasteiger partial charge in [-0.15, -0.1) is 0 Å². The summed E-state index contributed by atoms with van der Waals surface area (Å²) in [5.41, 5.74) is 1.44. The Labute approximate surface area is 161 Å². The lowest BCUT2D eigenvalue weighted by Gasteiger charge is -2.20. The lowest BCUT2D eigenvalue weighted by atomic mass is 10.0. The van der Waals surface area contributed by atoms with Gasteiger partial charge in [-0.1, -0.05) is 38.3 Å². The fourth-order valence-corrected chi connectivity index (χ4v) is 3.22. The minimum absolute atomic E-state index is 0.0888. The summed E-state index contributed by atoms with van der Waals surface area (Å²) in [5, 5.41) is 9.28. The summed E-state index contributed by atoms with van der Waals surface area (Å²) in [6.07, 6.45) is 3.99. The molecule has 1 aliphatic rings. The van der Waals surface area contributed by atoms with E-state index < -0.39 is 0 Å². The highest BCUT2D eigenvalue weighted by Crippen LogP contribution is 2.32. The molecule has 2 amide bonds. The van der Waals surface area contributed by atoms with Crippen molar-refractivity contribution in [2.75, 3.05) is 33.4 Å². The molecule has 148 valence electrons. The summed E-state index contributed by atoms with van der Waals surface area (Å²) in [5.74, 6) is 0.178. The molecule has 0 saturated heterocycles. The second-order valence-corrected chi connectivity index (χ2v) is 6.65. The van der Waals surface area contributed by atoms with Crippen LogP contribution < -0.4 is 4.74 Å². The molecule has 1 aliphatic heterocycles. The normalized spacial score (nSPS) is 14.3. The fraction of sp³-hybridized carbons (Fsp3) is 0.524. The number of hydrogen-bond acceptors (Lipinski definition) is 5. The van der Waals surface area contributed by atoms with Gasteiger partial charge in [0.15, 0.2) is 0 Å². The second-order valence-electron chi connectivity index (χ2n) is 6.65. The van der Waals surface area contributed by atoms with Crippen molar-refractivity contribution in [3.8, 4) is 5.75 Å². The quantitative estimate of drug-likeness (QED) is 0.476. The van der Waals surface area contributed by atoms with Crippen LogP contribution in [0.15, 0.2) is 30.0 Å². The van der Waals surface area contributed by atoms with Crippen molar-refractivity contribution in [2.24, 2.45) is 0 Å². The van der Waals surface area contributed by atoms with E-state index in [0.717, 1.165) is 31.4 Å². The molecule has 6 nitrogen and oxygen atoms in total. The monoisotopic (exact) mass is 374 g/mol. The van der Waals surface area contributed by atoms with Crippen LogP contribution in [0.3, 0.4) is 0 Å². The summed E-state index contributed by atoms with van der Waals surface area (Å²) in [7, 11) is 1.73. The Morgan fingerprint density at radius 3 is 2.33 bits per heavy atom. The van der Waals surface area contributed by atoms with Gasteiger partial charge in [-0.05, 0) is 31.0 Å². The zero-order valence-corrected chi connectivity index (χ0v) is 16.5. The largest absolute Gasteiger partial charge is 0.494 e. The minimum atomic E-state index is -0.281. The Hall–Kier alpha value is -2.34. The highest BCUT2D eigenvalue weighted by atomic mass is 16.5. The summed E-state index contributed by atoms with van der Waals surface area (Å²) >= 11 is 0. The number of likely N-dealkylation sites (N-methyl/N-ethyl adjacent to an activating group) is 1. The number of ether oxygens (including phenoxy) is 1. The van der Waals surface area contributed by atoms with Crippen molar-refractivity contribution >= 4 is 17.4 Å². The van der Waals surface area contributed by atoms with E-state index in [0.29, 0.717) is 36.5 Å². The maximum atomic E-state index is 13.0. The van der Waals surface area contributed by atoms with Crippen molar-refractivity contribution < 1.29 is 19.4 Å². The number of hydrogen-bond donors (Lipinski definition) is 1. The van der Waals surface area contributed by atoms with Crippen LogP contribution in [0.5, 0.6) is 5.75 Å². The van der Waals surface area contributed by atoms with Crippen LogP contribution in [0.25, 0.3) is 5.57 Å². The van der Waals surface area contributed by atoms with Gasteiger partial charge in [-0.25, -0.2) is 0 Å². The summed E-state index contributed by atoms with van der Waals surface area (Å²) in [6.45, 7) is 5.23. The molecule has 1 N–H and O–H groups in total. The molecular formula is C21H30N2O4. The standard InChI is InChI=1S/C21H30N2O4/c1-4-6-7-8-13-23-20(25)18(19(21(23)26)22(3)14-15-24)16-9-11-17(12-10-16)27-5-2/h9-12,24H,4-8,13-15H2,1-3H3. The first-order valence-electron chi connectivity index (χ1n) is 9.70. The predicted molar refractivity (Wildman–Crippen MR) is 105 cm³/mol. The molecule has 0 spiro atoms. The van der Waals surface area contributed by atoms with Crippen molar-refractivity contribution in [3.63, 3.8) is 0 Å². The first-order valence-corrected chi connectivity index (χ1v) is 9.70. The number of aliphatic hydroxyl groups is 1. The Bertz CT molecular complexity index is 682. The van der Waals surface area contributed by atoms with E-state index in [4.69, 9.17) is 4.74 Å². The van der Waals surface area contributed by atoms with Gasteiger partial charge < -0.3 is 14.7 Å². The van der Waals surface area contributed by atoms with Crippen molar-refractivity contribution in [1.29, 1.82) is 0 Å². The molecular weight excluding hydrogens is 344 g/mol. The van der Waals surface area contributed by atoms with Crippen LogP contribution in [0.4, 0.5) is 0 Å². The summed E-state index contributed by atoms with van der Waals surface area (Å²) in [6, 6.07) is 7.21. The number of carbonyl (C=O) groups is 2. The highest BCUT2D eigenvalue weighted by molar-refractivity contribution is 6.35. The lowest BCUT2D eigenvalue weighted by Crippen LogP contribution is -2.35. The molecule has 0 atom stereocenters. The van der Waals surface area contributed by atoms with Crippen LogP contribution in [0.2, 0.25) is 0 Å². The molecule has 0 bridgehead atoms. The van der Waals surface area contributed by atoms with Gasteiger partial charge >= 0.3 is 0 Å². The van der Waals surface area contributed by atoms with Gasteiger partial charge in [0.1, 0.15) is 11.4 Å². The number of imide groups is 1. The van der Waals surface area contributed by atoms with E-state index >= 15 is 0 Å². The lowest BCUT2D eigenvalue weighted by molar-refractivity contribution is -0.137. The third-order valence-corrected chi connectivity index (χ3v) is 4.65. The Morgan fingerprint density at radius 1 is 1.04 bits per heavy atom. The van der Waals surface area contributed by atoms with Crippen LogP contribution >= 0.6 is 0 Å². The van der Waals surface area contributed by atoms with Crippen LogP contribution in [-0.4, -0.2) is 60.1 Å². The molecule has 0 aliphatic carbocycles. The highest BCUT2D eigenvalue weighted by Gasteiger charge is 2.40. The number of aliphatic hydroxyl groups excluding tert-OH is 1. The molecule has 6 heteroatoms. The Kier molecular flexibility index (Phi) is 7.85. The molecule has 0 fully saturated rings. The summed E-state index contributed by atoms with van der Waals surface area (Å²) < 4.78 is 5.46. The third kappa shape index (κ3) is 4.89. The smallest absolute Gasteiger partial charge is 0.277 e. The average molecular weight is 374 g/mol. The van der Waals surface area contributed by atoms with E-state index in [1.54, 1.807) is 36.2 Å². The molecule has 0 radical (unpaired) electrons. The van der Waals surface area contributed by atoms with Gasteiger partial charge in [-0.2, -0.15) is 0 Å². The zero-order chi connectivity index (χ0) is 19.8. The van der Waals surface area contributed by atoms with Gasteiger partial charge in [0.05, 0.1) is 18.8 Å². The number of rotatable bonds is 11.